The van der Waals surface area contributed by atoms with Crippen molar-refractivity contribution < 1.29 is 4.39 Å². The van der Waals surface area contributed by atoms with E-state index >= 15 is 0 Å². The highest BCUT2D eigenvalue weighted by Gasteiger charge is 2.35. The molecule has 0 radical (unpaired) electrons. The first-order valence-corrected chi connectivity index (χ1v) is 7.92. The van der Waals surface area contributed by atoms with Crippen molar-refractivity contribution in [1.82, 2.24) is 5.32 Å². The predicted octanol–water partition coefficient (Wildman–Crippen LogP) is 3.70. The van der Waals surface area contributed by atoms with Crippen molar-refractivity contribution in [3.05, 3.63) is 29.6 Å². The van der Waals surface area contributed by atoms with Gasteiger partial charge in [0.1, 0.15) is 5.82 Å². The Labute approximate surface area is 121 Å². The third kappa shape index (κ3) is 3.32. The van der Waals surface area contributed by atoms with Crippen molar-refractivity contribution in [2.24, 2.45) is 5.92 Å². The molecule has 2 saturated carbocycles. The van der Waals surface area contributed by atoms with Crippen LogP contribution in [0.2, 0.25) is 0 Å². The van der Waals surface area contributed by atoms with Crippen LogP contribution in [-0.2, 0) is 6.54 Å². The molecule has 1 aromatic rings. The topological polar surface area (TPSA) is 15.3 Å². The second-order valence-electron chi connectivity index (χ2n) is 6.60. The van der Waals surface area contributed by atoms with E-state index in [0.717, 1.165) is 23.7 Å². The minimum Gasteiger partial charge on any atom is -0.368 e. The number of nitrogens with one attached hydrogen (secondary N) is 1. The van der Waals surface area contributed by atoms with Gasteiger partial charge >= 0.3 is 0 Å². The Balaban J connectivity index is 1.83. The van der Waals surface area contributed by atoms with Crippen molar-refractivity contribution in [1.29, 1.82) is 0 Å². The van der Waals surface area contributed by atoms with Gasteiger partial charge in [-0.05, 0) is 43.7 Å². The highest BCUT2D eigenvalue weighted by Crippen LogP contribution is 2.39. The highest BCUT2D eigenvalue weighted by molar-refractivity contribution is 5.56. The van der Waals surface area contributed by atoms with Crippen LogP contribution in [0.4, 0.5) is 10.1 Å². The average molecular weight is 276 g/mol. The van der Waals surface area contributed by atoms with Gasteiger partial charge in [0.25, 0.3) is 0 Å². The summed E-state index contributed by atoms with van der Waals surface area (Å²) in [5.74, 6) is 0.766. The van der Waals surface area contributed by atoms with Gasteiger partial charge in [-0.15, -0.1) is 0 Å². The zero-order valence-electron chi connectivity index (χ0n) is 12.5. The summed E-state index contributed by atoms with van der Waals surface area (Å²) in [6.45, 7) is 5.93. The molecule has 2 aliphatic rings. The summed E-state index contributed by atoms with van der Waals surface area (Å²) in [5, 5.41) is 3.36. The van der Waals surface area contributed by atoms with Crippen molar-refractivity contribution in [2.45, 2.75) is 58.2 Å². The van der Waals surface area contributed by atoms with E-state index in [4.69, 9.17) is 0 Å². The lowest BCUT2D eigenvalue weighted by molar-refractivity contribution is 0.550. The third-order valence-corrected chi connectivity index (χ3v) is 4.23. The molecule has 0 atom stereocenters. The van der Waals surface area contributed by atoms with E-state index in [1.54, 1.807) is 6.07 Å². The highest BCUT2D eigenvalue weighted by atomic mass is 19.1. The first-order valence-electron chi connectivity index (χ1n) is 7.92. The molecule has 1 aromatic carbocycles. The fraction of sp³-hybridized carbons (Fsp3) is 0.647. The smallest absolute Gasteiger partial charge is 0.129 e. The van der Waals surface area contributed by atoms with Crippen molar-refractivity contribution >= 4 is 5.69 Å². The molecule has 0 bridgehead atoms. The second-order valence-corrected chi connectivity index (χ2v) is 6.60. The molecule has 1 N–H and O–H groups in total. The average Bonchev–Trinajstić information content (AvgIpc) is 3.26. The molecule has 0 spiro atoms. The van der Waals surface area contributed by atoms with E-state index in [0.29, 0.717) is 18.6 Å². The summed E-state index contributed by atoms with van der Waals surface area (Å²) in [7, 11) is 0. The Kier molecular flexibility index (Phi) is 3.97. The molecule has 110 valence electrons. The zero-order valence-corrected chi connectivity index (χ0v) is 12.5. The lowest BCUT2D eigenvalue weighted by atomic mass is 10.1. The Hall–Kier alpha value is -1.09. The first-order chi connectivity index (χ1) is 9.65. The lowest BCUT2D eigenvalue weighted by Gasteiger charge is -2.28. The minimum absolute atomic E-state index is 0.0721. The molecule has 20 heavy (non-hydrogen) atoms. The number of hydrogen-bond donors (Lipinski definition) is 1. The number of halogens is 1. The maximum atomic E-state index is 14.2. The number of nitrogens with zero attached hydrogens (tertiary/aromatic N) is 1. The number of anilines is 1. The molecule has 3 heteroatoms. The van der Waals surface area contributed by atoms with E-state index in [2.05, 4.69) is 30.1 Å². The number of hydrogen-bond acceptors (Lipinski definition) is 2. The molecule has 0 amide bonds. The molecule has 2 nitrogen and oxygen atoms in total. The van der Waals surface area contributed by atoms with Crippen LogP contribution in [0.3, 0.4) is 0 Å². The van der Waals surface area contributed by atoms with Gasteiger partial charge in [0.15, 0.2) is 0 Å². The van der Waals surface area contributed by atoms with Gasteiger partial charge in [-0.1, -0.05) is 19.9 Å². The van der Waals surface area contributed by atoms with Gasteiger partial charge < -0.3 is 10.2 Å². The van der Waals surface area contributed by atoms with Crippen molar-refractivity contribution in [3.8, 4) is 0 Å². The zero-order chi connectivity index (χ0) is 14.1. The molecule has 0 unspecified atom stereocenters. The molecule has 2 aliphatic carbocycles. The molecule has 0 aromatic heterocycles. The maximum Gasteiger partial charge on any atom is 0.129 e. The van der Waals surface area contributed by atoms with Crippen LogP contribution in [0, 0.1) is 11.7 Å². The van der Waals surface area contributed by atoms with Gasteiger partial charge in [0.2, 0.25) is 0 Å². The Morgan fingerprint density at radius 3 is 2.60 bits per heavy atom. The van der Waals surface area contributed by atoms with Crippen LogP contribution in [0.1, 0.15) is 45.1 Å². The molecule has 0 heterocycles. The van der Waals surface area contributed by atoms with E-state index in [1.165, 1.54) is 25.7 Å². The van der Waals surface area contributed by atoms with Gasteiger partial charge in [0.05, 0.1) is 0 Å². The van der Waals surface area contributed by atoms with Crippen LogP contribution >= 0.6 is 0 Å². The Morgan fingerprint density at radius 1 is 1.25 bits per heavy atom. The van der Waals surface area contributed by atoms with Gasteiger partial charge in [0, 0.05) is 36.4 Å². The Morgan fingerprint density at radius 2 is 2.00 bits per heavy atom. The first kappa shape index (κ1) is 13.9. The quantitative estimate of drug-likeness (QED) is 0.817. The summed E-state index contributed by atoms with van der Waals surface area (Å²) in [6, 6.07) is 6.56. The molecular weight excluding hydrogens is 251 g/mol. The van der Waals surface area contributed by atoms with Crippen LogP contribution in [-0.4, -0.2) is 18.6 Å². The fourth-order valence-corrected chi connectivity index (χ4v) is 2.71. The summed E-state index contributed by atoms with van der Waals surface area (Å²) in [4.78, 5) is 2.47. The minimum atomic E-state index is -0.0721. The maximum absolute atomic E-state index is 14.2. The second kappa shape index (κ2) is 5.72. The van der Waals surface area contributed by atoms with Gasteiger partial charge in [-0.2, -0.15) is 0 Å². The van der Waals surface area contributed by atoms with E-state index in [-0.39, 0.29) is 5.82 Å². The summed E-state index contributed by atoms with van der Waals surface area (Å²) in [5.41, 5.74) is 1.96. The monoisotopic (exact) mass is 276 g/mol. The standard InChI is InChI=1S/C17H25FN2/c1-12(2)19-10-15-16(18)4-3-5-17(15)20(14-8-9-14)11-13-6-7-13/h3-5,12-14,19H,6-11H2,1-2H3. The molecule has 0 saturated heterocycles. The third-order valence-electron chi connectivity index (χ3n) is 4.23. The summed E-state index contributed by atoms with van der Waals surface area (Å²) >= 11 is 0. The van der Waals surface area contributed by atoms with E-state index in [9.17, 15) is 4.39 Å². The van der Waals surface area contributed by atoms with E-state index < -0.39 is 0 Å². The lowest BCUT2D eigenvalue weighted by Crippen LogP contribution is -2.31. The number of benzene rings is 1. The van der Waals surface area contributed by atoms with Gasteiger partial charge in [-0.3, -0.25) is 0 Å². The van der Waals surface area contributed by atoms with Crippen LogP contribution < -0.4 is 10.2 Å². The van der Waals surface area contributed by atoms with Crippen molar-refractivity contribution in [2.75, 3.05) is 11.4 Å². The number of rotatable bonds is 7. The largest absolute Gasteiger partial charge is 0.368 e. The Bertz CT molecular complexity index is 464. The fourth-order valence-electron chi connectivity index (χ4n) is 2.71. The predicted molar refractivity (Wildman–Crippen MR) is 81.5 cm³/mol. The molecule has 2 fully saturated rings. The normalized spacial score (nSPS) is 18.6. The summed E-state index contributed by atoms with van der Waals surface area (Å²) in [6.07, 6.45) is 5.22. The van der Waals surface area contributed by atoms with Crippen molar-refractivity contribution in [3.63, 3.8) is 0 Å². The summed E-state index contributed by atoms with van der Waals surface area (Å²) < 4.78 is 14.2. The van der Waals surface area contributed by atoms with Crippen LogP contribution in [0.25, 0.3) is 0 Å². The van der Waals surface area contributed by atoms with Gasteiger partial charge in [-0.25, -0.2) is 4.39 Å². The SMILES string of the molecule is CC(C)NCc1c(F)cccc1N(CC1CC1)C1CC1. The van der Waals surface area contributed by atoms with Crippen LogP contribution in [0.5, 0.6) is 0 Å². The van der Waals surface area contributed by atoms with E-state index in [1.807, 2.05) is 6.07 Å². The van der Waals surface area contributed by atoms with Crippen LogP contribution in [0.15, 0.2) is 18.2 Å². The molecular formula is C17H25FN2. The molecule has 3 rings (SSSR count). The molecule has 0 aliphatic heterocycles.